The van der Waals surface area contributed by atoms with Gasteiger partial charge in [0.1, 0.15) is 0 Å². The topological polar surface area (TPSA) is 39.7 Å². The number of hydrogen-bond acceptors (Lipinski definition) is 2. The van der Waals surface area contributed by atoms with Crippen molar-refractivity contribution in [3.63, 3.8) is 0 Å². The molecule has 1 aliphatic heterocycles. The summed E-state index contributed by atoms with van der Waals surface area (Å²) in [6.07, 6.45) is 1.29. The zero-order valence-electron chi connectivity index (χ0n) is 12.6. The Labute approximate surface area is 122 Å². The van der Waals surface area contributed by atoms with E-state index in [-0.39, 0.29) is 0 Å². The Kier molecular flexibility index (Phi) is 5.87. The second-order valence-corrected chi connectivity index (χ2v) is 5.34. The van der Waals surface area contributed by atoms with Crippen molar-refractivity contribution in [2.75, 3.05) is 33.2 Å². The van der Waals surface area contributed by atoms with Crippen molar-refractivity contribution in [1.29, 1.82) is 0 Å². The van der Waals surface area contributed by atoms with E-state index in [1.54, 1.807) is 0 Å². The third-order valence-corrected chi connectivity index (χ3v) is 3.90. The van der Waals surface area contributed by atoms with Crippen LogP contribution >= 0.6 is 0 Å². The lowest BCUT2D eigenvalue weighted by molar-refractivity contribution is 0.342. The maximum absolute atomic E-state index is 4.28. The molecule has 1 atom stereocenters. The van der Waals surface area contributed by atoms with Gasteiger partial charge in [0.25, 0.3) is 0 Å². The normalized spacial score (nSPS) is 20.1. The number of rotatable bonds is 5. The third-order valence-electron chi connectivity index (χ3n) is 3.90. The van der Waals surface area contributed by atoms with Crippen LogP contribution in [0.4, 0.5) is 0 Å². The summed E-state index contributed by atoms with van der Waals surface area (Å²) in [4.78, 5) is 6.79. The first-order valence-electron chi connectivity index (χ1n) is 7.52. The Morgan fingerprint density at radius 3 is 2.75 bits per heavy atom. The summed E-state index contributed by atoms with van der Waals surface area (Å²) in [5.74, 6) is 1.63. The third kappa shape index (κ3) is 4.53. The molecule has 1 unspecified atom stereocenters. The average Bonchev–Trinajstić information content (AvgIpc) is 2.96. The average molecular weight is 274 g/mol. The molecule has 0 aromatic heterocycles. The molecule has 0 amide bonds. The summed E-state index contributed by atoms with van der Waals surface area (Å²) < 4.78 is 0. The molecule has 4 nitrogen and oxygen atoms in total. The van der Waals surface area contributed by atoms with Crippen molar-refractivity contribution < 1.29 is 0 Å². The molecule has 0 bridgehead atoms. The quantitative estimate of drug-likeness (QED) is 0.634. The van der Waals surface area contributed by atoms with Gasteiger partial charge < -0.3 is 15.5 Å². The fraction of sp³-hybridized carbons (Fsp3) is 0.562. The second-order valence-electron chi connectivity index (χ2n) is 5.34. The smallest absolute Gasteiger partial charge is 0.191 e. The summed E-state index contributed by atoms with van der Waals surface area (Å²) >= 11 is 0. The first kappa shape index (κ1) is 14.9. The second kappa shape index (κ2) is 7.90. The maximum atomic E-state index is 4.28. The van der Waals surface area contributed by atoms with Crippen LogP contribution in [-0.4, -0.2) is 44.1 Å². The van der Waals surface area contributed by atoms with Gasteiger partial charge in [-0.3, -0.25) is 4.99 Å². The minimum Gasteiger partial charge on any atom is -0.356 e. The summed E-state index contributed by atoms with van der Waals surface area (Å²) in [6.45, 7) is 7.66. The van der Waals surface area contributed by atoms with Crippen molar-refractivity contribution in [1.82, 2.24) is 15.5 Å². The molecule has 1 heterocycles. The minimum atomic E-state index is 0.741. The van der Waals surface area contributed by atoms with E-state index < -0.39 is 0 Å². The fourth-order valence-electron chi connectivity index (χ4n) is 2.61. The molecule has 1 saturated heterocycles. The Balaban J connectivity index is 1.71. The van der Waals surface area contributed by atoms with Crippen LogP contribution < -0.4 is 10.6 Å². The van der Waals surface area contributed by atoms with Gasteiger partial charge in [0, 0.05) is 26.7 Å². The summed E-state index contributed by atoms with van der Waals surface area (Å²) in [7, 11) is 1.83. The van der Waals surface area contributed by atoms with Crippen molar-refractivity contribution in [2.45, 2.75) is 19.9 Å². The number of likely N-dealkylation sites (tertiary alicyclic amines) is 1. The van der Waals surface area contributed by atoms with E-state index in [4.69, 9.17) is 0 Å². The zero-order valence-corrected chi connectivity index (χ0v) is 12.6. The lowest BCUT2D eigenvalue weighted by Crippen LogP contribution is -2.39. The predicted octanol–water partition coefficient (Wildman–Crippen LogP) is 1.69. The molecule has 0 aliphatic carbocycles. The number of guanidine groups is 1. The number of hydrogen-bond donors (Lipinski definition) is 2. The lowest BCUT2D eigenvalue weighted by Gasteiger charge is -2.16. The van der Waals surface area contributed by atoms with Gasteiger partial charge in [0.05, 0.1) is 0 Å². The van der Waals surface area contributed by atoms with Gasteiger partial charge >= 0.3 is 0 Å². The minimum absolute atomic E-state index is 0.741. The van der Waals surface area contributed by atoms with Crippen molar-refractivity contribution in [2.24, 2.45) is 10.9 Å². The largest absolute Gasteiger partial charge is 0.356 e. The Hall–Kier alpha value is -1.55. The van der Waals surface area contributed by atoms with Crippen LogP contribution in [0.3, 0.4) is 0 Å². The standard InChI is InChI=1S/C16H26N4/c1-3-20-10-9-15(13-20)12-19-16(17-2)18-11-14-7-5-4-6-8-14/h4-8,15H,3,9-13H2,1-2H3,(H2,17,18,19). The van der Waals surface area contributed by atoms with E-state index in [0.717, 1.165) is 31.5 Å². The molecule has 0 spiro atoms. The Bertz CT molecular complexity index is 416. The highest BCUT2D eigenvalue weighted by Gasteiger charge is 2.20. The molecule has 4 heteroatoms. The van der Waals surface area contributed by atoms with Crippen LogP contribution in [0.2, 0.25) is 0 Å². The van der Waals surface area contributed by atoms with E-state index >= 15 is 0 Å². The van der Waals surface area contributed by atoms with Crippen molar-refractivity contribution in [3.05, 3.63) is 35.9 Å². The van der Waals surface area contributed by atoms with E-state index in [0.29, 0.717) is 0 Å². The van der Waals surface area contributed by atoms with E-state index in [2.05, 4.69) is 51.7 Å². The predicted molar refractivity (Wildman–Crippen MR) is 84.9 cm³/mol. The highest BCUT2D eigenvalue weighted by molar-refractivity contribution is 5.79. The molecule has 0 saturated carbocycles. The van der Waals surface area contributed by atoms with Gasteiger partial charge in [0.15, 0.2) is 5.96 Å². The molecular formula is C16H26N4. The molecular weight excluding hydrogens is 248 g/mol. The summed E-state index contributed by atoms with van der Waals surface area (Å²) in [6, 6.07) is 10.4. The van der Waals surface area contributed by atoms with Crippen molar-refractivity contribution >= 4 is 5.96 Å². The van der Waals surface area contributed by atoms with Crippen LogP contribution in [0.1, 0.15) is 18.9 Å². The summed E-state index contributed by atoms with van der Waals surface area (Å²) in [5.41, 5.74) is 1.27. The molecule has 2 rings (SSSR count). The lowest BCUT2D eigenvalue weighted by atomic mass is 10.1. The Morgan fingerprint density at radius 2 is 2.10 bits per heavy atom. The number of benzene rings is 1. The van der Waals surface area contributed by atoms with Crippen molar-refractivity contribution in [3.8, 4) is 0 Å². The number of nitrogens with zero attached hydrogens (tertiary/aromatic N) is 2. The molecule has 1 aliphatic rings. The van der Waals surface area contributed by atoms with Gasteiger partial charge in [0.2, 0.25) is 0 Å². The first-order chi connectivity index (χ1) is 9.81. The van der Waals surface area contributed by atoms with Gasteiger partial charge in [-0.25, -0.2) is 0 Å². The highest BCUT2D eigenvalue weighted by atomic mass is 15.2. The van der Waals surface area contributed by atoms with Gasteiger partial charge in [-0.2, -0.15) is 0 Å². The van der Waals surface area contributed by atoms with E-state index in [1.165, 1.54) is 25.1 Å². The SMILES string of the molecule is CCN1CCC(CNC(=NC)NCc2ccccc2)C1. The summed E-state index contributed by atoms with van der Waals surface area (Å²) in [5, 5.41) is 6.80. The molecule has 1 fully saturated rings. The van der Waals surface area contributed by atoms with Crippen LogP contribution in [0.25, 0.3) is 0 Å². The zero-order chi connectivity index (χ0) is 14.2. The van der Waals surface area contributed by atoms with Crippen LogP contribution in [0.15, 0.2) is 35.3 Å². The monoisotopic (exact) mass is 274 g/mol. The first-order valence-corrected chi connectivity index (χ1v) is 7.52. The molecule has 0 radical (unpaired) electrons. The van der Waals surface area contributed by atoms with E-state index in [9.17, 15) is 0 Å². The van der Waals surface area contributed by atoms with Gasteiger partial charge in [-0.05, 0) is 31.0 Å². The van der Waals surface area contributed by atoms with Gasteiger partial charge in [-0.1, -0.05) is 37.3 Å². The number of aliphatic imine (C=N–C) groups is 1. The molecule has 1 aromatic rings. The van der Waals surface area contributed by atoms with E-state index in [1.807, 2.05) is 13.1 Å². The van der Waals surface area contributed by atoms with Crippen LogP contribution in [-0.2, 0) is 6.54 Å². The number of nitrogens with one attached hydrogen (secondary N) is 2. The Morgan fingerprint density at radius 1 is 1.30 bits per heavy atom. The molecule has 1 aromatic carbocycles. The molecule has 110 valence electrons. The molecule has 20 heavy (non-hydrogen) atoms. The highest BCUT2D eigenvalue weighted by Crippen LogP contribution is 2.14. The van der Waals surface area contributed by atoms with Crippen LogP contribution in [0, 0.1) is 5.92 Å². The van der Waals surface area contributed by atoms with Gasteiger partial charge in [-0.15, -0.1) is 0 Å². The fourth-order valence-corrected chi connectivity index (χ4v) is 2.61. The molecule has 2 N–H and O–H groups in total. The van der Waals surface area contributed by atoms with Crippen LogP contribution in [0.5, 0.6) is 0 Å². The maximum Gasteiger partial charge on any atom is 0.191 e.